The molecule has 0 amide bonds. The summed E-state index contributed by atoms with van der Waals surface area (Å²) in [5.74, 6) is 0. The Bertz CT molecular complexity index is 1530. The second kappa shape index (κ2) is 15.5. The summed E-state index contributed by atoms with van der Waals surface area (Å²) in [4.78, 5) is 0. The average molecular weight is 626 g/mol. The lowest BCUT2D eigenvalue weighted by atomic mass is 9.79. The lowest BCUT2D eigenvalue weighted by molar-refractivity contribution is -0.00496. The molecule has 0 spiro atoms. The molecule has 1 aliphatic rings. The van der Waals surface area contributed by atoms with E-state index in [1.165, 1.54) is 38.9 Å². The minimum atomic E-state index is 0.0976. The molecule has 0 unspecified atom stereocenters. The van der Waals surface area contributed by atoms with Gasteiger partial charge in [-0.05, 0) is 51.5 Å². The molecule has 0 saturated carbocycles. The van der Waals surface area contributed by atoms with Gasteiger partial charge in [-0.2, -0.15) is 0 Å². The molecule has 46 heavy (non-hydrogen) atoms. The van der Waals surface area contributed by atoms with E-state index < -0.39 is 0 Å². The number of ether oxygens (including phenoxy) is 4. The number of rotatable bonds is 14. The molecule has 7 heteroatoms. The van der Waals surface area contributed by atoms with Crippen molar-refractivity contribution in [1.29, 1.82) is 0 Å². The van der Waals surface area contributed by atoms with Crippen LogP contribution < -0.4 is 0 Å². The zero-order valence-electron chi connectivity index (χ0n) is 28.6. The van der Waals surface area contributed by atoms with Gasteiger partial charge in [-0.15, -0.1) is 5.10 Å². The van der Waals surface area contributed by atoms with Gasteiger partial charge in [-0.1, -0.05) is 113 Å². The van der Waals surface area contributed by atoms with Gasteiger partial charge in [0.05, 0.1) is 65.1 Å². The molecular formula is C39H51N3O4. The van der Waals surface area contributed by atoms with Gasteiger partial charge >= 0.3 is 0 Å². The van der Waals surface area contributed by atoms with Gasteiger partial charge in [0, 0.05) is 11.1 Å². The quantitative estimate of drug-likeness (QED) is 0.135. The highest BCUT2D eigenvalue weighted by atomic mass is 16.6. The van der Waals surface area contributed by atoms with Gasteiger partial charge in [0.15, 0.2) is 0 Å². The van der Waals surface area contributed by atoms with E-state index in [1.807, 2.05) is 4.68 Å². The third-order valence-electron chi connectivity index (χ3n) is 8.50. The van der Waals surface area contributed by atoms with Gasteiger partial charge in [-0.3, -0.25) is 0 Å². The molecule has 1 heterocycles. The summed E-state index contributed by atoms with van der Waals surface area (Å²) >= 11 is 0. The van der Waals surface area contributed by atoms with E-state index in [0.717, 1.165) is 24.2 Å². The number of aromatic nitrogens is 3. The van der Waals surface area contributed by atoms with E-state index in [-0.39, 0.29) is 10.8 Å². The third kappa shape index (κ3) is 8.91. The monoisotopic (exact) mass is 625 g/mol. The highest BCUT2D eigenvalue weighted by molar-refractivity contribution is 5.82. The van der Waals surface area contributed by atoms with Crippen LogP contribution in [0.5, 0.6) is 0 Å². The number of nitrogens with zero attached hydrogens (tertiary/aromatic N) is 3. The molecule has 1 aliphatic carbocycles. The van der Waals surface area contributed by atoms with Gasteiger partial charge in [0.25, 0.3) is 0 Å². The van der Waals surface area contributed by atoms with E-state index in [4.69, 9.17) is 18.9 Å². The van der Waals surface area contributed by atoms with Crippen LogP contribution in [0.3, 0.4) is 0 Å². The fourth-order valence-electron chi connectivity index (χ4n) is 5.77. The molecule has 246 valence electrons. The normalized spacial score (nSPS) is 13.1. The Morgan fingerprint density at radius 3 is 1.70 bits per heavy atom. The Morgan fingerprint density at radius 2 is 1.11 bits per heavy atom. The van der Waals surface area contributed by atoms with Crippen molar-refractivity contribution < 1.29 is 18.9 Å². The average Bonchev–Trinajstić information content (AvgIpc) is 3.43. The molecule has 0 N–H and O–H groups in total. The van der Waals surface area contributed by atoms with E-state index >= 15 is 0 Å². The molecule has 0 saturated heterocycles. The number of benzene rings is 3. The van der Waals surface area contributed by atoms with Gasteiger partial charge in [0.2, 0.25) is 0 Å². The molecule has 7 nitrogen and oxygen atoms in total. The summed E-state index contributed by atoms with van der Waals surface area (Å²) < 4.78 is 25.3. The number of hydrogen-bond acceptors (Lipinski definition) is 6. The number of fused-ring (bicyclic) bond motifs is 5. The Balaban J connectivity index is 0.983. The second-order valence-corrected chi connectivity index (χ2v) is 14.1. The van der Waals surface area contributed by atoms with Gasteiger partial charge in [0.1, 0.15) is 5.69 Å². The molecule has 0 atom stereocenters. The van der Waals surface area contributed by atoms with Crippen molar-refractivity contribution in [3.8, 4) is 22.5 Å². The molecule has 4 aromatic rings. The third-order valence-corrected chi connectivity index (χ3v) is 8.50. The summed E-state index contributed by atoms with van der Waals surface area (Å²) in [6.07, 6.45) is 1.99. The first-order chi connectivity index (χ1) is 22.1. The van der Waals surface area contributed by atoms with Crippen LogP contribution in [0.4, 0.5) is 0 Å². The topological polar surface area (TPSA) is 67.6 Å². The van der Waals surface area contributed by atoms with Crippen LogP contribution in [0, 0.1) is 0 Å². The summed E-state index contributed by atoms with van der Waals surface area (Å²) in [6.45, 7) is 18.5. The number of hydrogen-bond donors (Lipinski definition) is 0. The highest BCUT2D eigenvalue weighted by Crippen LogP contribution is 2.37. The standard InChI is InChI=1S/C39H51N3O4/c1-38(2,3)32-25-29(26-33(27-32)39(4,5)6)28-46-24-23-45-22-21-44-20-19-43-18-17-42-37-35-14-10-8-12-31(35)16-15-30-11-7-9-13-34(30)36(37)40-41-42/h7-14,25-27H,15-24,28H2,1-6H3. The zero-order valence-corrected chi connectivity index (χ0v) is 28.6. The van der Waals surface area contributed by atoms with E-state index in [9.17, 15) is 0 Å². The summed E-state index contributed by atoms with van der Waals surface area (Å²) in [5.41, 5.74) is 11.1. The van der Waals surface area contributed by atoms with Crippen LogP contribution in [-0.2, 0) is 55.8 Å². The first-order valence-corrected chi connectivity index (χ1v) is 16.7. The first kappa shape index (κ1) is 34.0. The number of aryl methyl sites for hydroxylation is 2. The predicted molar refractivity (Wildman–Crippen MR) is 184 cm³/mol. The maximum absolute atomic E-state index is 5.94. The minimum absolute atomic E-state index is 0.0976. The molecule has 1 aromatic heterocycles. The fourth-order valence-corrected chi connectivity index (χ4v) is 5.77. The molecule has 0 aliphatic heterocycles. The summed E-state index contributed by atoms with van der Waals surface area (Å²) in [7, 11) is 0. The predicted octanol–water partition coefficient (Wildman–Crippen LogP) is 7.57. The van der Waals surface area contributed by atoms with Crippen molar-refractivity contribution in [2.45, 2.75) is 78.4 Å². The summed E-state index contributed by atoms with van der Waals surface area (Å²) in [6, 6.07) is 24.0. The SMILES string of the molecule is CC(C)(C)c1cc(COCCOCCOCCOCCn2nnc3c2-c2ccccc2CCc2ccccc2-3)cc(C(C)(C)C)c1. The van der Waals surface area contributed by atoms with Crippen molar-refractivity contribution in [3.63, 3.8) is 0 Å². The van der Waals surface area contributed by atoms with Crippen molar-refractivity contribution >= 4 is 0 Å². The Kier molecular flexibility index (Phi) is 11.4. The molecule has 0 fully saturated rings. The van der Waals surface area contributed by atoms with Crippen molar-refractivity contribution in [1.82, 2.24) is 15.0 Å². The van der Waals surface area contributed by atoms with E-state index in [1.54, 1.807) is 0 Å². The molecule has 0 radical (unpaired) electrons. The first-order valence-electron chi connectivity index (χ1n) is 16.7. The largest absolute Gasteiger partial charge is 0.377 e. The summed E-state index contributed by atoms with van der Waals surface area (Å²) in [5, 5.41) is 9.16. The van der Waals surface area contributed by atoms with E-state index in [0.29, 0.717) is 59.4 Å². The van der Waals surface area contributed by atoms with E-state index in [2.05, 4.69) is 119 Å². The van der Waals surface area contributed by atoms with Crippen LogP contribution in [0.2, 0.25) is 0 Å². The lowest BCUT2D eigenvalue weighted by Crippen LogP contribution is -2.17. The van der Waals surface area contributed by atoms with Gasteiger partial charge < -0.3 is 18.9 Å². The van der Waals surface area contributed by atoms with Crippen molar-refractivity contribution in [2.75, 3.05) is 46.2 Å². The molecule has 0 bridgehead atoms. The zero-order chi connectivity index (χ0) is 32.6. The molecular weight excluding hydrogens is 574 g/mol. The minimum Gasteiger partial charge on any atom is -0.377 e. The van der Waals surface area contributed by atoms with Crippen molar-refractivity contribution in [3.05, 3.63) is 94.5 Å². The Morgan fingerprint density at radius 1 is 0.609 bits per heavy atom. The fraction of sp³-hybridized carbons (Fsp3) is 0.487. The van der Waals surface area contributed by atoms with Crippen molar-refractivity contribution in [2.24, 2.45) is 0 Å². The second-order valence-electron chi connectivity index (χ2n) is 14.1. The van der Waals surface area contributed by atoms with Crippen LogP contribution in [0.15, 0.2) is 66.7 Å². The Labute approximate surface area is 275 Å². The lowest BCUT2D eigenvalue weighted by Gasteiger charge is -2.26. The van der Waals surface area contributed by atoms with Crippen LogP contribution in [0.1, 0.15) is 69.4 Å². The van der Waals surface area contributed by atoms with Crippen LogP contribution >= 0.6 is 0 Å². The van der Waals surface area contributed by atoms with Gasteiger partial charge in [-0.25, -0.2) is 4.68 Å². The highest BCUT2D eigenvalue weighted by Gasteiger charge is 2.23. The smallest absolute Gasteiger partial charge is 0.121 e. The Hall–Kier alpha value is -3.36. The maximum Gasteiger partial charge on any atom is 0.121 e. The molecule has 3 aromatic carbocycles. The van der Waals surface area contributed by atoms with Crippen LogP contribution in [0.25, 0.3) is 22.5 Å². The molecule has 5 rings (SSSR count). The maximum atomic E-state index is 5.94. The van der Waals surface area contributed by atoms with Crippen LogP contribution in [-0.4, -0.2) is 61.2 Å².